The van der Waals surface area contributed by atoms with Crippen LogP contribution in [0.1, 0.15) is 10.4 Å². The van der Waals surface area contributed by atoms with Gasteiger partial charge in [0.1, 0.15) is 5.00 Å². The number of thiophene rings is 1. The number of nitrogens with one attached hydrogen (secondary N) is 1. The number of hydrogen-bond donors (Lipinski definition) is 1. The third-order valence-corrected chi connectivity index (χ3v) is 6.69. The number of carbonyl (C=O) groups excluding carboxylic acids is 1. The highest BCUT2D eigenvalue weighted by Gasteiger charge is 2.21. The minimum Gasteiger partial charge on any atom is -0.493 e. The molecule has 31 heavy (non-hydrogen) atoms. The molecule has 0 bridgehead atoms. The molecule has 1 N–H and O–H groups in total. The first-order valence-corrected chi connectivity index (χ1v) is 11.0. The van der Waals surface area contributed by atoms with Gasteiger partial charge < -0.3 is 19.5 Å². The highest BCUT2D eigenvalue weighted by molar-refractivity contribution is 7.23. The Morgan fingerprint density at radius 1 is 0.935 bits per heavy atom. The molecule has 0 unspecified atom stereocenters. The van der Waals surface area contributed by atoms with Crippen molar-refractivity contribution >= 4 is 43.7 Å². The van der Waals surface area contributed by atoms with E-state index in [1.807, 2.05) is 35.7 Å². The summed E-state index contributed by atoms with van der Waals surface area (Å²) in [5.41, 5.74) is 0.691. The SMILES string of the molecule is COc1cc(C(=O)Nc2sc3ccccc3c(=O)c2-c2cccs2)cc(OC)c1OC. The summed E-state index contributed by atoms with van der Waals surface area (Å²) in [4.78, 5) is 27.2. The van der Waals surface area contributed by atoms with Crippen LogP contribution in [-0.2, 0) is 0 Å². The van der Waals surface area contributed by atoms with Gasteiger partial charge in [0.15, 0.2) is 16.9 Å². The van der Waals surface area contributed by atoms with E-state index < -0.39 is 0 Å². The number of methoxy groups -OCH3 is 3. The first kappa shape index (κ1) is 20.9. The summed E-state index contributed by atoms with van der Waals surface area (Å²) >= 11 is 2.82. The minimum absolute atomic E-state index is 0.114. The normalized spacial score (nSPS) is 10.7. The molecule has 0 fully saturated rings. The summed E-state index contributed by atoms with van der Waals surface area (Å²) in [7, 11) is 4.48. The first-order chi connectivity index (χ1) is 15.1. The van der Waals surface area contributed by atoms with Gasteiger partial charge in [0.2, 0.25) is 5.75 Å². The van der Waals surface area contributed by atoms with Gasteiger partial charge >= 0.3 is 0 Å². The molecule has 0 saturated heterocycles. The van der Waals surface area contributed by atoms with Gasteiger partial charge in [-0.25, -0.2) is 0 Å². The molecule has 0 spiro atoms. The zero-order chi connectivity index (χ0) is 22.0. The Bertz CT molecular complexity index is 1290. The minimum atomic E-state index is -0.386. The summed E-state index contributed by atoms with van der Waals surface area (Å²) in [6.07, 6.45) is 0. The largest absolute Gasteiger partial charge is 0.493 e. The van der Waals surface area contributed by atoms with E-state index in [9.17, 15) is 9.59 Å². The molecule has 2 heterocycles. The third-order valence-electron chi connectivity index (χ3n) is 4.72. The van der Waals surface area contributed by atoms with Crippen molar-refractivity contribution in [2.24, 2.45) is 0 Å². The Balaban J connectivity index is 1.83. The fourth-order valence-corrected chi connectivity index (χ4v) is 5.19. The number of carbonyl (C=O) groups is 1. The Kier molecular flexibility index (Phi) is 5.92. The van der Waals surface area contributed by atoms with E-state index in [2.05, 4.69) is 5.32 Å². The lowest BCUT2D eigenvalue weighted by molar-refractivity contribution is 0.102. The molecule has 0 aliphatic carbocycles. The zero-order valence-electron chi connectivity index (χ0n) is 17.1. The average molecular weight is 454 g/mol. The van der Waals surface area contributed by atoms with Crippen LogP contribution in [-0.4, -0.2) is 27.2 Å². The van der Waals surface area contributed by atoms with Crippen molar-refractivity contribution in [3.8, 4) is 27.7 Å². The Morgan fingerprint density at radius 3 is 2.26 bits per heavy atom. The van der Waals surface area contributed by atoms with Gasteiger partial charge in [-0.1, -0.05) is 18.2 Å². The maximum atomic E-state index is 13.3. The topological polar surface area (TPSA) is 73.9 Å². The van der Waals surface area contributed by atoms with Crippen molar-refractivity contribution in [3.05, 3.63) is 69.7 Å². The van der Waals surface area contributed by atoms with Crippen LogP contribution in [0.4, 0.5) is 5.00 Å². The quantitative estimate of drug-likeness (QED) is 0.431. The monoisotopic (exact) mass is 453 g/mol. The summed E-state index contributed by atoms with van der Waals surface area (Å²) in [6.45, 7) is 0. The van der Waals surface area contributed by atoms with E-state index in [4.69, 9.17) is 14.2 Å². The molecule has 2 aromatic heterocycles. The van der Waals surface area contributed by atoms with Crippen molar-refractivity contribution in [1.82, 2.24) is 0 Å². The predicted octanol–water partition coefficient (Wildman–Crippen LogP) is 5.27. The van der Waals surface area contributed by atoms with Crippen molar-refractivity contribution in [3.63, 3.8) is 0 Å². The third kappa shape index (κ3) is 3.87. The number of amides is 1. The van der Waals surface area contributed by atoms with Crippen molar-refractivity contribution < 1.29 is 19.0 Å². The highest BCUT2D eigenvalue weighted by Crippen LogP contribution is 2.39. The van der Waals surface area contributed by atoms with Crippen LogP contribution in [0.3, 0.4) is 0 Å². The lowest BCUT2D eigenvalue weighted by Crippen LogP contribution is -2.15. The molecule has 4 rings (SSSR count). The molecule has 8 heteroatoms. The molecule has 6 nitrogen and oxygen atoms in total. The number of benzene rings is 2. The van der Waals surface area contributed by atoms with Gasteiger partial charge in [-0.05, 0) is 35.7 Å². The van der Waals surface area contributed by atoms with Crippen LogP contribution in [0.2, 0.25) is 0 Å². The van der Waals surface area contributed by atoms with Crippen LogP contribution in [0.15, 0.2) is 58.7 Å². The molecular formula is C23H19NO5S2. The molecule has 0 atom stereocenters. The smallest absolute Gasteiger partial charge is 0.256 e. The zero-order valence-corrected chi connectivity index (χ0v) is 18.7. The van der Waals surface area contributed by atoms with E-state index in [0.717, 1.165) is 9.58 Å². The summed E-state index contributed by atoms with van der Waals surface area (Å²) < 4.78 is 16.8. The van der Waals surface area contributed by atoms with E-state index in [-0.39, 0.29) is 11.3 Å². The second kappa shape index (κ2) is 8.79. The van der Waals surface area contributed by atoms with Crippen molar-refractivity contribution in [1.29, 1.82) is 0 Å². The van der Waals surface area contributed by atoms with E-state index >= 15 is 0 Å². The second-order valence-electron chi connectivity index (χ2n) is 6.48. The lowest BCUT2D eigenvalue weighted by atomic mass is 10.1. The molecule has 1 amide bonds. The number of hydrogen-bond acceptors (Lipinski definition) is 7. The van der Waals surface area contributed by atoms with Gasteiger partial charge in [-0.3, -0.25) is 9.59 Å². The molecule has 4 aromatic rings. The Labute approximate surface area is 186 Å². The van der Waals surface area contributed by atoms with E-state index in [0.29, 0.717) is 38.8 Å². The number of fused-ring (bicyclic) bond motifs is 1. The van der Waals surface area contributed by atoms with Crippen molar-refractivity contribution in [2.45, 2.75) is 0 Å². The molecule has 0 saturated carbocycles. The fraction of sp³-hybridized carbons (Fsp3) is 0.130. The van der Waals surface area contributed by atoms with Crippen LogP contribution < -0.4 is 25.0 Å². The molecule has 0 radical (unpaired) electrons. The lowest BCUT2D eigenvalue weighted by Gasteiger charge is -2.15. The average Bonchev–Trinajstić information content (AvgIpc) is 3.32. The fourth-order valence-electron chi connectivity index (χ4n) is 3.26. The second-order valence-corrected chi connectivity index (χ2v) is 8.48. The van der Waals surface area contributed by atoms with Gasteiger partial charge in [0, 0.05) is 20.5 Å². The molecule has 0 aliphatic heterocycles. The maximum absolute atomic E-state index is 13.3. The van der Waals surface area contributed by atoms with Gasteiger partial charge in [-0.2, -0.15) is 0 Å². The van der Waals surface area contributed by atoms with Gasteiger partial charge in [0.25, 0.3) is 5.91 Å². The van der Waals surface area contributed by atoms with Crippen molar-refractivity contribution in [2.75, 3.05) is 26.6 Å². The van der Waals surface area contributed by atoms with Crippen LogP contribution in [0.25, 0.3) is 20.5 Å². The molecule has 2 aromatic carbocycles. The first-order valence-electron chi connectivity index (χ1n) is 9.28. The Hall–Kier alpha value is -3.36. The molecule has 158 valence electrons. The van der Waals surface area contributed by atoms with Gasteiger partial charge in [0.05, 0.1) is 26.9 Å². The van der Waals surface area contributed by atoms with Crippen LogP contribution >= 0.6 is 22.7 Å². The predicted molar refractivity (Wildman–Crippen MR) is 125 cm³/mol. The van der Waals surface area contributed by atoms with Gasteiger partial charge in [-0.15, -0.1) is 22.7 Å². The maximum Gasteiger partial charge on any atom is 0.256 e. The van der Waals surface area contributed by atoms with Crippen LogP contribution in [0.5, 0.6) is 17.2 Å². The summed E-state index contributed by atoms with van der Waals surface area (Å²) in [5.74, 6) is 0.758. The summed E-state index contributed by atoms with van der Waals surface area (Å²) in [6, 6.07) is 14.3. The number of anilines is 1. The van der Waals surface area contributed by atoms with Crippen LogP contribution in [0, 0.1) is 0 Å². The van der Waals surface area contributed by atoms with E-state index in [1.54, 1.807) is 18.2 Å². The standard InChI is InChI=1S/C23H19NO5S2/c1-27-15-11-13(12-16(28-2)21(15)29-3)22(26)24-23-19(18-9-6-10-30-18)20(25)14-7-4-5-8-17(14)31-23/h4-12H,1-3H3,(H,24,26). The van der Waals surface area contributed by atoms with E-state index in [1.165, 1.54) is 44.0 Å². The summed E-state index contributed by atoms with van der Waals surface area (Å²) in [5, 5.41) is 5.94. The number of ether oxygens (including phenoxy) is 3. The molecule has 0 aliphatic rings. The molecular weight excluding hydrogens is 434 g/mol. The highest BCUT2D eigenvalue weighted by atomic mass is 32.1. The Morgan fingerprint density at radius 2 is 1.65 bits per heavy atom. The number of rotatable bonds is 6.